The van der Waals surface area contributed by atoms with Crippen molar-refractivity contribution in [2.45, 2.75) is 18.0 Å². The van der Waals surface area contributed by atoms with E-state index in [9.17, 15) is 18.0 Å². The summed E-state index contributed by atoms with van der Waals surface area (Å²) in [7, 11) is 0. The van der Waals surface area contributed by atoms with Gasteiger partial charge in [-0.25, -0.2) is 0 Å². The number of para-hydroxylation sites is 2. The van der Waals surface area contributed by atoms with Gasteiger partial charge >= 0.3 is 6.18 Å². The number of thioether (sulfide) groups is 1. The quantitative estimate of drug-likeness (QED) is 0.583. The van der Waals surface area contributed by atoms with Crippen molar-refractivity contribution in [1.29, 1.82) is 0 Å². The third-order valence-electron chi connectivity index (χ3n) is 3.39. The molecule has 3 rings (SSSR count). The third kappa shape index (κ3) is 5.49. The molecular formula is C18H14F3N3O3S. The summed E-state index contributed by atoms with van der Waals surface area (Å²) in [5, 5.41) is 9.93. The standard InChI is InChI=1S/C18H14F3N3O3S/c19-18(20,21)13-8-4-5-9-14(13)22-15(25)11-28-17-24-23-16(27-17)10-26-12-6-2-1-3-7-12/h1-9H,10-11H2,(H,22,25). The van der Waals surface area contributed by atoms with Crippen LogP contribution in [0.2, 0.25) is 0 Å². The van der Waals surface area contributed by atoms with E-state index >= 15 is 0 Å². The molecule has 3 aromatic rings. The van der Waals surface area contributed by atoms with Gasteiger partial charge in [0, 0.05) is 0 Å². The van der Waals surface area contributed by atoms with Crippen LogP contribution in [0.25, 0.3) is 0 Å². The number of carbonyl (C=O) groups excluding carboxylic acids is 1. The van der Waals surface area contributed by atoms with Gasteiger partial charge in [-0.15, -0.1) is 10.2 Å². The number of anilines is 1. The predicted octanol–water partition coefficient (Wildman–Crippen LogP) is 4.40. The average molecular weight is 409 g/mol. The fourth-order valence-corrected chi connectivity index (χ4v) is 2.75. The van der Waals surface area contributed by atoms with Gasteiger partial charge in [0.05, 0.1) is 17.0 Å². The number of hydrogen-bond acceptors (Lipinski definition) is 6. The number of aromatic nitrogens is 2. The summed E-state index contributed by atoms with van der Waals surface area (Å²) in [6.45, 7) is 0.0583. The maximum atomic E-state index is 12.9. The molecule has 2 aromatic carbocycles. The van der Waals surface area contributed by atoms with E-state index in [0.717, 1.165) is 17.8 Å². The van der Waals surface area contributed by atoms with Crippen molar-refractivity contribution in [1.82, 2.24) is 10.2 Å². The molecule has 0 aliphatic carbocycles. The van der Waals surface area contributed by atoms with Crippen LogP contribution in [0.15, 0.2) is 64.2 Å². The molecule has 1 aromatic heterocycles. The van der Waals surface area contributed by atoms with Crippen LogP contribution >= 0.6 is 11.8 Å². The lowest BCUT2D eigenvalue weighted by molar-refractivity contribution is -0.137. The molecular weight excluding hydrogens is 395 g/mol. The lowest BCUT2D eigenvalue weighted by Gasteiger charge is -2.13. The molecule has 1 N–H and O–H groups in total. The van der Waals surface area contributed by atoms with Gasteiger partial charge in [-0.2, -0.15) is 13.2 Å². The summed E-state index contributed by atoms with van der Waals surface area (Å²) in [5.41, 5.74) is -1.21. The number of halogens is 3. The second kappa shape index (κ2) is 8.79. The lowest BCUT2D eigenvalue weighted by Crippen LogP contribution is -2.18. The normalized spacial score (nSPS) is 11.2. The van der Waals surface area contributed by atoms with Crippen LogP contribution in [-0.4, -0.2) is 21.9 Å². The molecule has 1 amide bonds. The maximum absolute atomic E-state index is 12.9. The Bertz CT molecular complexity index is 932. The van der Waals surface area contributed by atoms with Gasteiger partial charge in [-0.05, 0) is 24.3 Å². The van der Waals surface area contributed by atoms with E-state index in [-0.39, 0.29) is 29.2 Å². The van der Waals surface area contributed by atoms with Gasteiger partial charge in [0.2, 0.25) is 5.91 Å². The Balaban J connectivity index is 1.51. The van der Waals surface area contributed by atoms with E-state index < -0.39 is 17.6 Å². The zero-order chi connectivity index (χ0) is 20.0. The zero-order valence-corrected chi connectivity index (χ0v) is 15.1. The van der Waals surface area contributed by atoms with Gasteiger partial charge in [0.15, 0.2) is 6.61 Å². The Kier molecular flexibility index (Phi) is 6.19. The number of rotatable bonds is 7. The topological polar surface area (TPSA) is 77.2 Å². The average Bonchev–Trinajstić information content (AvgIpc) is 3.13. The Hall–Kier alpha value is -3.01. The summed E-state index contributed by atoms with van der Waals surface area (Å²) in [4.78, 5) is 12.0. The molecule has 0 aliphatic heterocycles. The molecule has 0 unspecified atom stereocenters. The van der Waals surface area contributed by atoms with Gasteiger partial charge in [-0.1, -0.05) is 42.1 Å². The van der Waals surface area contributed by atoms with Crippen molar-refractivity contribution in [2.24, 2.45) is 0 Å². The molecule has 0 aliphatic rings. The number of nitrogens with zero attached hydrogens (tertiary/aromatic N) is 2. The van der Waals surface area contributed by atoms with E-state index in [0.29, 0.717) is 5.75 Å². The molecule has 0 fully saturated rings. The highest BCUT2D eigenvalue weighted by atomic mass is 32.2. The maximum Gasteiger partial charge on any atom is 0.418 e. The molecule has 0 saturated carbocycles. The van der Waals surface area contributed by atoms with Gasteiger partial charge in [0.1, 0.15) is 5.75 Å². The Labute approximate surface area is 162 Å². The van der Waals surface area contributed by atoms with Gasteiger partial charge < -0.3 is 14.5 Å². The molecule has 146 valence electrons. The Morgan fingerprint density at radius 2 is 1.79 bits per heavy atom. The van der Waals surface area contributed by atoms with Gasteiger partial charge in [0.25, 0.3) is 11.1 Å². The summed E-state index contributed by atoms with van der Waals surface area (Å²) in [6, 6.07) is 13.8. The summed E-state index contributed by atoms with van der Waals surface area (Å²) >= 11 is 0.915. The van der Waals surface area contributed by atoms with E-state index in [1.807, 2.05) is 18.2 Å². The molecule has 0 radical (unpaired) electrons. The fourth-order valence-electron chi connectivity index (χ4n) is 2.17. The second-order valence-electron chi connectivity index (χ2n) is 5.44. The first-order valence-corrected chi connectivity index (χ1v) is 8.99. The molecule has 0 spiro atoms. The number of ether oxygens (including phenoxy) is 1. The van der Waals surface area contributed by atoms with E-state index in [2.05, 4.69) is 15.5 Å². The molecule has 0 bridgehead atoms. The molecule has 0 atom stereocenters. The smallest absolute Gasteiger partial charge is 0.418 e. The number of nitrogens with one attached hydrogen (secondary N) is 1. The monoisotopic (exact) mass is 409 g/mol. The first kappa shape index (κ1) is 19.7. The van der Waals surface area contributed by atoms with Crippen molar-refractivity contribution >= 4 is 23.4 Å². The number of amides is 1. The molecule has 10 heteroatoms. The molecule has 28 heavy (non-hydrogen) atoms. The second-order valence-corrected chi connectivity index (χ2v) is 6.37. The van der Waals surface area contributed by atoms with Crippen LogP contribution in [0.4, 0.5) is 18.9 Å². The van der Waals surface area contributed by atoms with Crippen molar-refractivity contribution in [3.8, 4) is 5.75 Å². The van der Waals surface area contributed by atoms with Crippen molar-refractivity contribution < 1.29 is 27.1 Å². The highest BCUT2D eigenvalue weighted by molar-refractivity contribution is 7.99. The van der Waals surface area contributed by atoms with E-state index in [1.54, 1.807) is 12.1 Å². The SMILES string of the molecule is O=C(CSc1nnc(COc2ccccc2)o1)Nc1ccccc1C(F)(F)F. The van der Waals surface area contributed by atoms with E-state index in [1.165, 1.54) is 18.2 Å². The number of hydrogen-bond donors (Lipinski definition) is 1. The summed E-state index contributed by atoms with van der Waals surface area (Å²) in [6.07, 6.45) is -4.56. The highest BCUT2D eigenvalue weighted by Crippen LogP contribution is 2.34. The minimum Gasteiger partial charge on any atom is -0.484 e. The number of alkyl halides is 3. The van der Waals surface area contributed by atoms with Crippen LogP contribution in [0, 0.1) is 0 Å². The molecule has 6 nitrogen and oxygen atoms in total. The van der Waals surface area contributed by atoms with Crippen molar-refractivity contribution in [3.63, 3.8) is 0 Å². The fraction of sp³-hybridized carbons (Fsp3) is 0.167. The van der Waals surface area contributed by atoms with Crippen molar-refractivity contribution in [2.75, 3.05) is 11.1 Å². The third-order valence-corrected chi connectivity index (χ3v) is 4.21. The van der Waals surface area contributed by atoms with Crippen LogP contribution in [0.5, 0.6) is 5.75 Å². The van der Waals surface area contributed by atoms with Crippen LogP contribution in [0.3, 0.4) is 0 Å². The van der Waals surface area contributed by atoms with Crippen molar-refractivity contribution in [3.05, 3.63) is 66.1 Å². The Morgan fingerprint density at radius 1 is 1.07 bits per heavy atom. The largest absolute Gasteiger partial charge is 0.484 e. The summed E-state index contributed by atoms with van der Waals surface area (Å²) in [5.74, 6) is 0.0432. The summed E-state index contributed by atoms with van der Waals surface area (Å²) < 4.78 is 49.6. The molecule has 1 heterocycles. The predicted molar refractivity (Wildman–Crippen MR) is 95.9 cm³/mol. The lowest BCUT2D eigenvalue weighted by atomic mass is 10.1. The van der Waals surface area contributed by atoms with Crippen LogP contribution < -0.4 is 10.1 Å². The number of carbonyl (C=O) groups is 1. The zero-order valence-electron chi connectivity index (χ0n) is 14.3. The van der Waals surface area contributed by atoms with E-state index in [4.69, 9.17) is 9.15 Å². The van der Waals surface area contributed by atoms with Gasteiger partial charge in [-0.3, -0.25) is 4.79 Å². The number of benzene rings is 2. The molecule has 0 saturated heterocycles. The highest BCUT2D eigenvalue weighted by Gasteiger charge is 2.33. The van der Waals surface area contributed by atoms with Crippen LogP contribution in [0.1, 0.15) is 11.5 Å². The Morgan fingerprint density at radius 3 is 2.54 bits per heavy atom. The first-order chi connectivity index (χ1) is 13.4. The minimum atomic E-state index is -4.56. The van der Waals surface area contributed by atoms with Crippen LogP contribution in [-0.2, 0) is 17.6 Å². The minimum absolute atomic E-state index is 0.0583. The first-order valence-electron chi connectivity index (χ1n) is 8.01.